The van der Waals surface area contributed by atoms with E-state index in [4.69, 9.17) is 5.41 Å². The second kappa shape index (κ2) is 19.3. The van der Waals surface area contributed by atoms with Crippen LogP contribution in [0.4, 0.5) is 17.1 Å². The van der Waals surface area contributed by atoms with Crippen LogP contribution in [0, 0.1) is 5.41 Å². The van der Waals surface area contributed by atoms with Crippen LogP contribution in [-0.2, 0) is 0 Å². The fraction of sp³-hybridized carbons (Fsp3) is 0.0702. The average Bonchev–Trinajstić information content (AvgIpc) is 3.68. The lowest BCUT2D eigenvalue weighted by Gasteiger charge is -2.26. The average molecular weight is 778 g/mol. The zero-order chi connectivity index (χ0) is 41.8. The van der Waals surface area contributed by atoms with Gasteiger partial charge in [-0.05, 0) is 99.6 Å². The van der Waals surface area contributed by atoms with E-state index in [1.165, 1.54) is 55.9 Å². The van der Waals surface area contributed by atoms with Gasteiger partial charge in [-0.3, -0.25) is 0 Å². The molecule has 9 rings (SSSR count). The maximum Gasteiger partial charge on any atom is 0.0625 e. The van der Waals surface area contributed by atoms with E-state index in [-0.39, 0.29) is 0 Å². The van der Waals surface area contributed by atoms with Gasteiger partial charge in [0.25, 0.3) is 0 Å². The van der Waals surface area contributed by atoms with Gasteiger partial charge in [0.15, 0.2) is 0 Å². The Hall–Kier alpha value is -7.49. The third-order valence-electron chi connectivity index (χ3n) is 10.5. The zero-order valence-corrected chi connectivity index (χ0v) is 34.9. The Morgan fingerprint density at radius 3 is 1.53 bits per heavy atom. The molecule has 0 saturated heterocycles. The summed E-state index contributed by atoms with van der Waals surface area (Å²) in [6.45, 7) is 12.2. The van der Waals surface area contributed by atoms with Crippen molar-refractivity contribution in [2.75, 3.05) is 4.90 Å². The van der Waals surface area contributed by atoms with E-state index in [0.29, 0.717) is 0 Å². The van der Waals surface area contributed by atoms with E-state index in [2.05, 4.69) is 216 Å². The van der Waals surface area contributed by atoms with Crippen molar-refractivity contribution in [1.82, 2.24) is 4.57 Å². The number of allylic oxidation sites excluding steroid dienone is 3. The molecule has 0 bridgehead atoms. The number of aromatic nitrogens is 1. The normalized spacial score (nSPS) is 10.7. The number of rotatable bonds is 10. The summed E-state index contributed by atoms with van der Waals surface area (Å²) < 4.78 is 2.43. The van der Waals surface area contributed by atoms with Gasteiger partial charge in [-0.15, -0.1) is 0 Å². The highest BCUT2D eigenvalue weighted by atomic mass is 15.1. The third-order valence-corrected chi connectivity index (χ3v) is 10.5. The van der Waals surface area contributed by atoms with Gasteiger partial charge in [-0.1, -0.05) is 186 Å². The number of benzene rings is 8. The second-order valence-corrected chi connectivity index (χ2v) is 13.8. The second-order valence-electron chi connectivity index (χ2n) is 13.8. The minimum Gasteiger partial charge on any atom is -0.310 e. The number of hydrogen-bond donors (Lipinski definition) is 1. The lowest BCUT2D eigenvalue weighted by molar-refractivity contribution is 1.18. The maximum absolute atomic E-state index is 7.42. The first-order valence-electron chi connectivity index (χ1n) is 20.9. The van der Waals surface area contributed by atoms with Crippen molar-refractivity contribution in [2.24, 2.45) is 0 Å². The molecule has 294 valence electrons. The molecule has 0 radical (unpaired) electrons. The molecule has 3 nitrogen and oxygen atoms in total. The van der Waals surface area contributed by atoms with Gasteiger partial charge in [0, 0.05) is 45.3 Å². The van der Waals surface area contributed by atoms with Crippen LogP contribution in [0.1, 0.15) is 33.3 Å². The molecular weight excluding hydrogens is 727 g/mol. The summed E-state index contributed by atoms with van der Waals surface area (Å²) >= 11 is 0. The fourth-order valence-electron chi connectivity index (χ4n) is 7.79. The van der Waals surface area contributed by atoms with Crippen LogP contribution in [0.2, 0.25) is 0 Å². The molecule has 0 aliphatic heterocycles. The molecule has 0 spiro atoms. The maximum atomic E-state index is 7.42. The number of hydrogen-bond acceptors (Lipinski definition) is 2. The quantitative estimate of drug-likeness (QED) is 0.109. The highest BCUT2D eigenvalue weighted by Gasteiger charge is 2.22. The predicted octanol–water partition coefficient (Wildman–Crippen LogP) is 16.5. The standard InChI is InChI=1S/C53H39N3.2C2H6/c1-38(15-14-36-54)39-24-28-45(29-25-39)55(46-30-26-41(27-31-46)40-16-6-2-7-17-40)47-32-35-51-50(37-47)52-48(42-18-8-3-9-19-42)33-34-49(43-20-10-4-11-21-43)53(52)56(51)44-22-12-5-13-23-44;2*1-2/h2-37,54H,1H2;2*1-2H3/b15-14-,54-36?;;. The Balaban J connectivity index is 0.00000132. The molecule has 0 unspecified atom stereocenters. The Morgan fingerprint density at radius 2 is 0.967 bits per heavy atom. The largest absolute Gasteiger partial charge is 0.310 e. The summed E-state index contributed by atoms with van der Waals surface area (Å²) in [6.07, 6.45) is 4.84. The van der Waals surface area contributed by atoms with Crippen LogP contribution in [0.5, 0.6) is 0 Å². The molecule has 9 aromatic rings. The number of nitrogens with zero attached hydrogens (tertiary/aromatic N) is 2. The van der Waals surface area contributed by atoms with E-state index in [1.54, 1.807) is 6.08 Å². The summed E-state index contributed by atoms with van der Waals surface area (Å²) in [5.41, 5.74) is 15.5. The number of nitrogens with one attached hydrogen (secondary N) is 1. The first-order chi connectivity index (χ1) is 29.7. The van der Waals surface area contributed by atoms with Crippen LogP contribution < -0.4 is 4.90 Å². The van der Waals surface area contributed by atoms with Gasteiger partial charge >= 0.3 is 0 Å². The van der Waals surface area contributed by atoms with Crippen molar-refractivity contribution in [3.8, 4) is 39.1 Å². The number of anilines is 3. The predicted molar refractivity (Wildman–Crippen MR) is 261 cm³/mol. The molecular formula is C57H51N3. The van der Waals surface area contributed by atoms with Crippen LogP contribution in [0.25, 0.3) is 66.4 Å². The van der Waals surface area contributed by atoms with E-state index >= 15 is 0 Å². The van der Waals surface area contributed by atoms with Crippen LogP contribution in [0.15, 0.2) is 219 Å². The molecule has 1 heterocycles. The molecule has 8 aromatic carbocycles. The topological polar surface area (TPSA) is 32.0 Å². The number of para-hydroxylation sites is 1. The molecule has 0 saturated carbocycles. The summed E-state index contributed by atoms with van der Waals surface area (Å²) in [5, 5.41) is 9.81. The minimum absolute atomic E-state index is 0.858. The molecule has 60 heavy (non-hydrogen) atoms. The fourth-order valence-corrected chi connectivity index (χ4v) is 7.79. The van der Waals surface area contributed by atoms with Crippen molar-refractivity contribution < 1.29 is 0 Å². The zero-order valence-electron chi connectivity index (χ0n) is 34.9. The summed E-state index contributed by atoms with van der Waals surface area (Å²) in [6, 6.07) is 71.5. The molecule has 0 fully saturated rings. The van der Waals surface area contributed by atoms with Crippen molar-refractivity contribution in [3.63, 3.8) is 0 Å². The smallest absolute Gasteiger partial charge is 0.0625 e. The lowest BCUT2D eigenvalue weighted by atomic mass is 9.94. The van der Waals surface area contributed by atoms with Gasteiger partial charge in [-0.2, -0.15) is 0 Å². The molecule has 0 atom stereocenters. The first-order valence-corrected chi connectivity index (χ1v) is 20.9. The van der Waals surface area contributed by atoms with Gasteiger partial charge in [0.1, 0.15) is 0 Å². The number of fused-ring (bicyclic) bond motifs is 3. The van der Waals surface area contributed by atoms with Gasteiger partial charge < -0.3 is 14.9 Å². The van der Waals surface area contributed by atoms with Crippen molar-refractivity contribution in [2.45, 2.75) is 27.7 Å². The Morgan fingerprint density at radius 1 is 0.500 bits per heavy atom. The van der Waals surface area contributed by atoms with E-state index in [9.17, 15) is 0 Å². The van der Waals surface area contributed by atoms with Gasteiger partial charge in [0.05, 0.1) is 11.0 Å². The SMILES string of the molecule is C=C(/C=C\C=N)c1ccc(N(c2ccc(-c3ccccc3)cc2)c2ccc3c(c2)c2c(-c4ccccc4)ccc(-c4ccccc4)c2n3-c2ccccc2)cc1.CC.CC. The summed E-state index contributed by atoms with van der Waals surface area (Å²) in [4.78, 5) is 2.34. The summed E-state index contributed by atoms with van der Waals surface area (Å²) in [7, 11) is 0. The van der Waals surface area contributed by atoms with Crippen molar-refractivity contribution in [1.29, 1.82) is 5.41 Å². The lowest BCUT2D eigenvalue weighted by Crippen LogP contribution is -2.10. The van der Waals surface area contributed by atoms with Crippen molar-refractivity contribution in [3.05, 3.63) is 224 Å². The van der Waals surface area contributed by atoms with E-state index < -0.39 is 0 Å². The molecule has 1 N–H and O–H groups in total. The van der Waals surface area contributed by atoms with Crippen LogP contribution in [0.3, 0.4) is 0 Å². The van der Waals surface area contributed by atoms with E-state index in [0.717, 1.165) is 39.4 Å². The van der Waals surface area contributed by atoms with E-state index in [1.807, 2.05) is 33.8 Å². The monoisotopic (exact) mass is 777 g/mol. The first kappa shape index (κ1) is 40.7. The Bertz CT molecular complexity index is 2840. The molecule has 1 aromatic heterocycles. The van der Waals surface area contributed by atoms with Gasteiger partial charge in [0.2, 0.25) is 0 Å². The highest BCUT2D eigenvalue weighted by Crippen LogP contribution is 2.46. The van der Waals surface area contributed by atoms with Gasteiger partial charge in [-0.25, -0.2) is 0 Å². The van der Waals surface area contributed by atoms with Crippen LogP contribution >= 0.6 is 0 Å². The molecule has 0 aliphatic rings. The van der Waals surface area contributed by atoms with Crippen molar-refractivity contribution >= 4 is 50.7 Å². The minimum atomic E-state index is 0.858. The highest BCUT2D eigenvalue weighted by molar-refractivity contribution is 6.20. The third kappa shape index (κ3) is 8.25. The summed E-state index contributed by atoms with van der Waals surface area (Å²) in [5.74, 6) is 0. The molecule has 0 aliphatic carbocycles. The van der Waals surface area contributed by atoms with Crippen LogP contribution in [-0.4, -0.2) is 10.8 Å². The Labute approximate surface area is 355 Å². The molecule has 3 heteroatoms. The Kier molecular flexibility index (Phi) is 13.1. The molecule has 0 amide bonds.